The zero-order valence-electron chi connectivity index (χ0n) is 18.5. The fourth-order valence-corrected chi connectivity index (χ4v) is 4.85. The summed E-state index contributed by atoms with van der Waals surface area (Å²) in [5.74, 6) is -0.575. The maximum Gasteiger partial charge on any atom is 0.251 e. The number of rotatable bonds is 6. The van der Waals surface area contributed by atoms with Crippen LogP contribution in [0, 0.1) is 0 Å². The van der Waals surface area contributed by atoms with E-state index in [0.29, 0.717) is 24.5 Å². The van der Waals surface area contributed by atoms with Gasteiger partial charge in [0.2, 0.25) is 5.91 Å². The van der Waals surface area contributed by atoms with Gasteiger partial charge in [-0.3, -0.25) is 9.59 Å². The molecule has 2 N–H and O–H groups in total. The zero-order valence-corrected chi connectivity index (χ0v) is 19.3. The van der Waals surface area contributed by atoms with Gasteiger partial charge in [0.15, 0.2) is 5.13 Å². The molecule has 1 saturated heterocycles. The summed E-state index contributed by atoms with van der Waals surface area (Å²) >= 11 is 1.60. The zero-order chi connectivity index (χ0) is 23.3. The highest BCUT2D eigenvalue weighted by molar-refractivity contribution is 7.22. The Labute approximate surface area is 201 Å². The number of hydrogen-bond acceptors (Lipinski definition) is 6. The molecule has 1 aliphatic heterocycles. The number of anilines is 2. The Bertz CT molecular complexity index is 1300. The molecule has 1 aromatic heterocycles. The van der Waals surface area contributed by atoms with Crippen molar-refractivity contribution in [2.75, 3.05) is 43.1 Å². The Morgan fingerprint density at radius 2 is 1.68 bits per heavy atom. The summed E-state index contributed by atoms with van der Waals surface area (Å²) < 4.78 is 6.41. The standard InChI is InChI=1S/C26H24N4O3S/c31-24(17-27-25(32)20-8-6-19(7-9-20)18-4-2-1-3-5-18)28-21-10-11-22-23(16-21)34-26(29-22)30-12-14-33-15-13-30/h1-11,16H,12-15,17H2,(H,27,32)(H,28,31). The van der Waals surface area contributed by atoms with E-state index in [9.17, 15) is 9.59 Å². The van der Waals surface area contributed by atoms with Crippen LogP contribution in [0.2, 0.25) is 0 Å². The third-order valence-electron chi connectivity index (χ3n) is 5.61. The van der Waals surface area contributed by atoms with Crippen LogP contribution in [0.4, 0.5) is 10.8 Å². The van der Waals surface area contributed by atoms with Gasteiger partial charge in [0.1, 0.15) is 0 Å². The summed E-state index contributed by atoms with van der Waals surface area (Å²) in [6.07, 6.45) is 0. The van der Waals surface area contributed by atoms with Gasteiger partial charge in [0, 0.05) is 24.3 Å². The number of hydrogen-bond donors (Lipinski definition) is 2. The minimum atomic E-state index is -0.289. The first-order valence-electron chi connectivity index (χ1n) is 11.1. The molecule has 0 unspecified atom stereocenters. The van der Waals surface area contributed by atoms with Crippen molar-refractivity contribution in [3.8, 4) is 11.1 Å². The SMILES string of the molecule is O=C(CNC(=O)c1ccc(-c2ccccc2)cc1)Nc1ccc2nc(N3CCOCC3)sc2c1. The number of fused-ring (bicyclic) bond motifs is 1. The maximum atomic E-state index is 12.5. The van der Waals surface area contributed by atoms with Crippen molar-refractivity contribution in [1.29, 1.82) is 0 Å². The van der Waals surface area contributed by atoms with Gasteiger partial charge in [-0.05, 0) is 41.5 Å². The number of ether oxygens (including phenoxy) is 1. The second-order valence-electron chi connectivity index (χ2n) is 7.95. The minimum Gasteiger partial charge on any atom is -0.378 e. The van der Waals surface area contributed by atoms with Gasteiger partial charge in [-0.2, -0.15) is 0 Å². The molecule has 5 rings (SSSR count). The number of carbonyl (C=O) groups is 2. The molecule has 3 aromatic carbocycles. The first-order chi connectivity index (χ1) is 16.7. The molecule has 0 bridgehead atoms. The summed E-state index contributed by atoms with van der Waals surface area (Å²) in [6.45, 7) is 2.97. The van der Waals surface area contributed by atoms with E-state index in [0.717, 1.165) is 39.6 Å². The quantitative estimate of drug-likeness (QED) is 0.440. The van der Waals surface area contributed by atoms with E-state index in [-0.39, 0.29) is 18.4 Å². The van der Waals surface area contributed by atoms with E-state index in [1.54, 1.807) is 23.5 Å². The van der Waals surface area contributed by atoms with Crippen molar-refractivity contribution < 1.29 is 14.3 Å². The topological polar surface area (TPSA) is 83.6 Å². The smallest absolute Gasteiger partial charge is 0.251 e. The summed E-state index contributed by atoms with van der Waals surface area (Å²) in [6, 6.07) is 22.9. The molecule has 1 fully saturated rings. The normalized spacial score (nSPS) is 13.6. The summed E-state index contributed by atoms with van der Waals surface area (Å²) in [4.78, 5) is 31.8. The Morgan fingerprint density at radius 1 is 0.941 bits per heavy atom. The third-order valence-corrected chi connectivity index (χ3v) is 6.69. The molecule has 1 aliphatic rings. The van der Waals surface area contributed by atoms with Crippen molar-refractivity contribution in [1.82, 2.24) is 10.3 Å². The van der Waals surface area contributed by atoms with Crippen LogP contribution in [-0.2, 0) is 9.53 Å². The van der Waals surface area contributed by atoms with Crippen molar-refractivity contribution in [2.24, 2.45) is 0 Å². The number of carbonyl (C=O) groups excluding carboxylic acids is 2. The lowest BCUT2D eigenvalue weighted by molar-refractivity contribution is -0.115. The van der Waals surface area contributed by atoms with Crippen molar-refractivity contribution in [3.05, 3.63) is 78.4 Å². The van der Waals surface area contributed by atoms with Crippen molar-refractivity contribution >= 4 is 44.2 Å². The number of aromatic nitrogens is 1. The number of nitrogens with one attached hydrogen (secondary N) is 2. The van der Waals surface area contributed by atoms with Gasteiger partial charge in [-0.15, -0.1) is 0 Å². The van der Waals surface area contributed by atoms with Gasteiger partial charge in [-0.1, -0.05) is 53.8 Å². The number of amides is 2. The molecule has 8 heteroatoms. The largest absolute Gasteiger partial charge is 0.378 e. The second-order valence-corrected chi connectivity index (χ2v) is 8.96. The number of nitrogens with zero attached hydrogens (tertiary/aromatic N) is 2. The van der Waals surface area contributed by atoms with E-state index in [4.69, 9.17) is 9.72 Å². The highest BCUT2D eigenvalue weighted by atomic mass is 32.1. The van der Waals surface area contributed by atoms with Crippen LogP contribution in [0.25, 0.3) is 21.3 Å². The summed E-state index contributed by atoms with van der Waals surface area (Å²) in [7, 11) is 0. The van der Waals surface area contributed by atoms with Gasteiger partial charge in [0.25, 0.3) is 5.91 Å². The molecule has 0 radical (unpaired) electrons. The molecule has 0 saturated carbocycles. The molecule has 0 spiro atoms. The number of benzene rings is 3. The van der Waals surface area contributed by atoms with E-state index >= 15 is 0 Å². The van der Waals surface area contributed by atoms with Crippen LogP contribution in [0.3, 0.4) is 0 Å². The van der Waals surface area contributed by atoms with Crippen molar-refractivity contribution in [3.63, 3.8) is 0 Å². The van der Waals surface area contributed by atoms with E-state index in [2.05, 4.69) is 15.5 Å². The van der Waals surface area contributed by atoms with Crippen LogP contribution in [0.15, 0.2) is 72.8 Å². The van der Waals surface area contributed by atoms with E-state index in [1.165, 1.54) is 0 Å². The Hall–Kier alpha value is -3.75. The van der Waals surface area contributed by atoms with Gasteiger partial charge in [-0.25, -0.2) is 4.98 Å². The van der Waals surface area contributed by atoms with E-state index < -0.39 is 0 Å². The van der Waals surface area contributed by atoms with Crippen molar-refractivity contribution in [2.45, 2.75) is 0 Å². The highest BCUT2D eigenvalue weighted by Crippen LogP contribution is 2.31. The van der Waals surface area contributed by atoms with E-state index in [1.807, 2.05) is 60.7 Å². The Kier molecular flexibility index (Phi) is 6.51. The molecule has 7 nitrogen and oxygen atoms in total. The van der Waals surface area contributed by atoms with Crippen LogP contribution in [0.1, 0.15) is 10.4 Å². The molecular weight excluding hydrogens is 448 g/mol. The average molecular weight is 473 g/mol. The number of thiazole rings is 1. The van der Waals surface area contributed by atoms with Crippen LogP contribution >= 0.6 is 11.3 Å². The lowest BCUT2D eigenvalue weighted by Crippen LogP contribution is -2.36. The lowest BCUT2D eigenvalue weighted by atomic mass is 10.0. The predicted octanol–water partition coefficient (Wildman–Crippen LogP) is 4.17. The van der Waals surface area contributed by atoms with Gasteiger partial charge < -0.3 is 20.3 Å². The first kappa shape index (κ1) is 22.1. The Morgan fingerprint density at radius 3 is 2.44 bits per heavy atom. The third kappa shape index (κ3) is 5.08. The van der Waals surface area contributed by atoms with Crippen LogP contribution < -0.4 is 15.5 Å². The van der Waals surface area contributed by atoms with Gasteiger partial charge >= 0.3 is 0 Å². The minimum absolute atomic E-state index is 0.112. The molecule has 2 amide bonds. The summed E-state index contributed by atoms with van der Waals surface area (Å²) in [5, 5.41) is 6.50. The average Bonchev–Trinajstić information content (AvgIpc) is 3.32. The molecule has 4 aromatic rings. The Balaban J connectivity index is 1.17. The first-order valence-corrected chi connectivity index (χ1v) is 11.9. The lowest BCUT2D eigenvalue weighted by Gasteiger charge is -2.25. The predicted molar refractivity (Wildman–Crippen MR) is 135 cm³/mol. The fraction of sp³-hybridized carbons (Fsp3) is 0.192. The van der Waals surface area contributed by atoms with Gasteiger partial charge in [0.05, 0.1) is 30.0 Å². The molecule has 0 atom stereocenters. The number of morpholine rings is 1. The molecule has 0 aliphatic carbocycles. The van der Waals surface area contributed by atoms with Crippen LogP contribution in [-0.4, -0.2) is 49.6 Å². The maximum absolute atomic E-state index is 12.5. The molecule has 172 valence electrons. The van der Waals surface area contributed by atoms with Crippen LogP contribution in [0.5, 0.6) is 0 Å². The molecule has 2 heterocycles. The molecule has 34 heavy (non-hydrogen) atoms. The summed E-state index contributed by atoms with van der Waals surface area (Å²) in [5.41, 5.74) is 4.20. The molecular formula is C26H24N4O3S. The fourth-order valence-electron chi connectivity index (χ4n) is 3.79. The highest BCUT2D eigenvalue weighted by Gasteiger charge is 2.16. The second kappa shape index (κ2) is 10.0. The monoisotopic (exact) mass is 472 g/mol.